The van der Waals surface area contributed by atoms with Crippen LogP contribution >= 0.6 is 23.2 Å². The van der Waals surface area contributed by atoms with Crippen molar-refractivity contribution in [3.05, 3.63) is 28.9 Å². The van der Waals surface area contributed by atoms with Crippen LogP contribution in [0.4, 0.5) is 5.82 Å². The Hall–Kier alpha value is -2.62. The fourth-order valence-electron chi connectivity index (χ4n) is 5.47. The van der Waals surface area contributed by atoms with Gasteiger partial charge in [0, 0.05) is 42.8 Å². The van der Waals surface area contributed by atoms with Crippen molar-refractivity contribution >= 4 is 40.7 Å². The molecule has 3 atom stereocenters. The molecule has 1 aromatic rings. The van der Waals surface area contributed by atoms with Crippen LogP contribution in [-0.2, 0) is 0 Å². The molecular formula is C31H45Cl2N7O. The quantitative estimate of drug-likeness (QED) is 0.0617. The lowest BCUT2D eigenvalue weighted by Crippen LogP contribution is -2.37. The Morgan fingerprint density at radius 2 is 2.15 bits per heavy atom. The first-order chi connectivity index (χ1) is 20.0. The zero-order valence-corrected chi connectivity index (χ0v) is 25.7. The van der Waals surface area contributed by atoms with Crippen LogP contribution in [0.5, 0.6) is 0 Å². The Kier molecular flexibility index (Phi) is 13.9. The molecule has 0 saturated heterocycles. The van der Waals surface area contributed by atoms with E-state index in [4.69, 9.17) is 29.6 Å². The number of nitrogens with zero attached hydrogens (tertiary/aromatic N) is 4. The van der Waals surface area contributed by atoms with Crippen LogP contribution in [0, 0.1) is 31.1 Å². The number of nitrogens with one attached hydrogen (secondary N) is 3. The normalized spacial score (nSPS) is 21.2. The number of aliphatic imine (C=N–C) groups is 2. The van der Waals surface area contributed by atoms with Gasteiger partial charge in [-0.1, -0.05) is 17.5 Å². The van der Waals surface area contributed by atoms with Crippen LogP contribution in [-0.4, -0.2) is 77.2 Å². The molecular weight excluding hydrogens is 557 g/mol. The van der Waals surface area contributed by atoms with E-state index in [1.165, 1.54) is 30.6 Å². The highest BCUT2D eigenvalue weighted by Crippen LogP contribution is 2.39. The number of hydrogen-bond donors (Lipinski definition) is 4. The van der Waals surface area contributed by atoms with Gasteiger partial charge in [-0.05, 0) is 69.9 Å². The summed E-state index contributed by atoms with van der Waals surface area (Å²) in [6.45, 7) is 5.19. The number of terminal acetylenes is 2. The third-order valence-electron chi connectivity index (χ3n) is 7.73. The predicted octanol–water partition coefficient (Wildman–Crippen LogP) is 4.75. The molecule has 1 aromatic heterocycles. The van der Waals surface area contributed by atoms with E-state index in [-0.39, 0.29) is 0 Å². The minimum absolute atomic E-state index is 0.291. The van der Waals surface area contributed by atoms with Crippen LogP contribution < -0.4 is 16.0 Å². The molecule has 3 aliphatic rings. The fraction of sp³-hybridized carbons (Fsp3) is 0.613. The van der Waals surface area contributed by atoms with Crippen molar-refractivity contribution in [2.75, 3.05) is 44.0 Å². The molecule has 4 rings (SSSR count). The van der Waals surface area contributed by atoms with Gasteiger partial charge >= 0.3 is 0 Å². The summed E-state index contributed by atoms with van der Waals surface area (Å²) < 4.78 is 2.42. The van der Waals surface area contributed by atoms with Gasteiger partial charge in [0.1, 0.15) is 24.6 Å². The lowest BCUT2D eigenvalue weighted by Gasteiger charge is -2.28. The first kappa shape index (κ1) is 32.9. The highest BCUT2D eigenvalue weighted by molar-refractivity contribution is 6.35. The summed E-state index contributed by atoms with van der Waals surface area (Å²) in [4.78, 5) is 11.5. The lowest BCUT2D eigenvalue weighted by atomic mass is 10.1. The number of allylic oxidation sites excluding steroid dienone is 1. The van der Waals surface area contributed by atoms with Crippen LogP contribution in [0.3, 0.4) is 0 Å². The topological polar surface area (TPSA) is 89.2 Å². The maximum absolute atomic E-state index is 10.5. The SMILES string of the molecule is C#C.C#CCNC(CCCCN(CC1CC[C@H](n2ccc3c2NCN=C3NC2CC2)C1)C(C)O)=NC/C=C(/Cl)CCl. The zero-order valence-electron chi connectivity index (χ0n) is 24.2. The molecule has 2 saturated carbocycles. The number of alkyl halides is 1. The van der Waals surface area contributed by atoms with Gasteiger partial charge in [-0.25, -0.2) is 4.99 Å². The highest BCUT2D eigenvalue weighted by atomic mass is 35.5. The Morgan fingerprint density at radius 1 is 1.34 bits per heavy atom. The van der Waals surface area contributed by atoms with E-state index < -0.39 is 6.23 Å². The molecule has 2 fully saturated rings. The second-order valence-electron chi connectivity index (χ2n) is 10.8. The van der Waals surface area contributed by atoms with Crippen molar-refractivity contribution in [2.24, 2.45) is 15.9 Å². The summed E-state index contributed by atoms with van der Waals surface area (Å²) in [6.07, 6.45) is 25.7. The minimum Gasteiger partial charge on any atom is -0.379 e. The molecule has 10 heteroatoms. The van der Waals surface area contributed by atoms with Crippen molar-refractivity contribution < 1.29 is 5.11 Å². The molecule has 0 amide bonds. The van der Waals surface area contributed by atoms with Crippen molar-refractivity contribution in [3.8, 4) is 25.2 Å². The van der Waals surface area contributed by atoms with Gasteiger partial charge in [0.2, 0.25) is 0 Å². The summed E-state index contributed by atoms with van der Waals surface area (Å²) >= 11 is 11.7. The second kappa shape index (κ2) is 17.4. The molecule has 0 aromatic carbocycles. The predicted molar refractivity (Wildman–Crippen MR) is 173 cm³/mol. The zero-order chi connectivity index (χ0) is 29.6. The Labute approximate surface area is 256 Å². The molecule has 1 aliphatic heterocycles. The van der Waals surface area contributed by atoms with Crippen LogP contribution in [0.2, 0.25) is 0 Å². The van der Waals surface area contributed by atoms with E-state index in [1.54, 1.807) is 0 Å². The van der Waals surface area contributed by atoms with Crippen molar-refractivity contribution in [1.29, 1.82) is 0 Å². The number of halogens is 2. The number of rotatable bonds is 14. The monoisotopic (exact) mass is 601 g/mol. The van der Waals surface area contributed by atoms with E-state index in [0.29, 0.717) is 48.7 Å². The number of anilines is 1. The van der Waals surface area contributed by atoms with Gasteiger partial charge < -0.3 is 25.6 Å². The maximum atomic E-state index is 10.5. The number of aliphatic hydroxyl groups excluding tert-OH is 1. The maximum Gasteiger partial charge on any atom is 0.134 e. The number of amidine groups is 2. The molecule has 8 nitrogen and oxygen atoms in total. The molecule has 0 radical (unpaired) electrons. The van der Waals surface area contributed by atoms with Crippen LogP contribution in [0.15, 0.2) is 33.4 Å². The molecule has 41 heavy (non-hydrogen) atoms. The van der Waals surface area contributed by atoms with Gasteiger partial charge in [-0.15, -0.1) is 30.9 Å². The first-order valence-corrected chi connectivity index (χ1v) is 15.5. The van der Waals surface area contributed by atoms with E-state index in [9.17, 15) is 5.11 Å². The molecule has 0 spiro atoms. The number of unbranched alkanes of at least 4 members (excludes halogenated alkanes) is 1. The summed E-state index contributed by atoms with van der Waals surface area (Å²) in [5, 5.41) is 21.4. The standard InChI is InChI=1S/C29H43Cl2N7O.C2H2/c1-3-13-32-27(33-14-11-23(31)18-30)6-4-5-15-37(21(2)39)19-22-7-10-25(17-22)38-16-12-26-28(36-24-8-9-24)34-20-35-29(26)38;1-2/h1,11-12,16,21-22,24-25,35,39H,4-10,13-15,17-20H2,2H3,(H,32,33)(H,34,36);1-2H/b23-11+;/t21?,22?,25-;/m0./s1. The van der Waals surface area contributed by atoms with Gasteiger partial charge in [0.05, 0.1) is 30.4 Å². The lowest BCUT2D eigenvalue weighted by molar-refractivity contribution is 0.00739. The summed E-state index contributed by atoms with van der Waals surface area (Å²) in [7, 11) is 0. The minimum atomic E-state index is -0.465. The molecule has 2 unspecified atom stereocenters. The highest BCUT2D eigenvalue weighted by Gasteiger charge is 2.32. The number of aliphatic hydroxyl groups is 1. The largest absolute Gasteiger partial charge is 0.379 e. The Morgan fingerprint density at radius 3 is 2.85 bits per heavy atom. The van der Waals surface area contributed by atoms with Crippen molar-refractivity contribution in [1.82, 2.24) is 20.1 Å². The second-order valence-corrected chi connectivity index (χ2v) is 11.5. The van der Waals surface area contributed by atoms with E-state index in [0.717, 1.165) is 56.9 Å². The summed E-state index contributed by atoms with van der Waals surface area (Å²) in [6, 6.07) is 3.27. The van der Waals surface area contributed by atoms with Crippen molar-refractivity contribution in [3.63, 3.8) is 0 Å². The third-order valence-corrected chi connectivity index (χ3v) is 8.44. The van der Waals surface area contributed by atoms with Crippen LogP contribution in [0.1, 0.15) is 69.9 Å². The Balaban J connectivity index is 0.00000226. The average molecular weight is 603 g/mol. The van der Waals surface area contributed by atoms with Gasteiger partial charge in [0.25, 0.3) is 0 Å². The van der Waals surface area contributed by atoms with Crippen LogP contribution in [0.25, 0.3) is 0 Å². The average Bonchev–Trinajstić information content (AvgIpc) is 3.49. The Bertz CT molecular complexity index is 1110. The first-order valence-electron chi connectivity index (χ1n) is 14.6. The summed E-state index contributed by atoms with van der Waals surface area (Å²) in [5.41, 5.74) is 1.19. The van der Waals surface area contributed by atoms with Crippen molar-refractivity contribution in [2.45, 2.75) is 76.6 Å². The van der Waals surface area contributed by atoms with Gasteiger partial charge in [-0.2, -0.15) is 0 Å². The van der Waals surface area contributed by atoms with E-state index in [1.807, 2.05) is 13.0 Å². The number of hydrogen-bond acceptors (Lipinski definition) is 6. The molecule has 0 bridgehead atoms. The molecule has 4 N–H and O–H groups in total. The number of aromatic nitrogens is 1. The molecule has 224 valence electrons. The fourth-order valence-corrected chi connectivity index (χ4v) is 5.65. The molecule has 2 aliphatic carbocycles. The summed E-state index contributed by atoms with van der Waals surface area (Å²) in [5.74, 6) is 6.58. The van der Waals surface area contributed by atoms with Gasteiger partial charge in [0.15, 0.2) is 0 Å². The van der Waals surface area contributed by atoms with E-state index in [2.05, 4.69) is 66.4 Å². The number of fused-ring (bicyclic) bond motifs is 1. The van der Waals surface area contributed by atoms with Gasteiger partial charge in [-0.3, -0.25) is 9.89 Å². The third kappa shape index (κ3) is 10.3. The smallest absolute Gasteiger partial charge is 0.134 e. The van der Waals surface area contributed by atoms with E-state index >= 15 is 0 Å². The molecule has 2 heterocycles.